The SMILES string of the molecule is CC(=C[C@H](C(C)C)N(C)C(=O)C(NC(=O)C1CCCCN1C(C)C(C)C)C(C)(C)C)C(=O)O. The number of carboxylic acids is 1. The van der Waals surface area contributed by atoms with Crippen molar-refractivity contribution in [2.75, 3.05) is 13.6 Å². The maximum absolute atomic E-state index is 13.6. The van der Waals surface area contributed by atoms with Gasteiger partial charge >= 0.3 is 5.97 Å². The van der Waals surface area contributed by atoms with Crippen LogP contribution in [0.4, 0.5) is 0 Å². The van der Waals surface area contributed by atoms with Gasteiger partial charge in [-0.3, -0.25) is 14.5 Å². The van der Waals surface area contributed by atoms with Crippen LogP contribution in [0.25, 0.3) is 0 Å². The first kappa shape index (κ1) is 29.1. The number of carbonyl (C=O) groups is 3. The van der Waals surface area contributed by atoms with Gasteiger partial charge in [-0.2, -0.15) is 0 Å². The summed E-state index contributed by atoms with van der Waals surface area (Å²) in [4.78, 5) is 42.4. The summed E-state index contributed by atoms with van der Waals surface area (Å²) in [6, 6.07) is -1.06. The van der Waals surface area contributed by atoms with Crippen molar-refractivity contribution < 1.29 is 19.5 Å². The first-order chi connectivity index (χ1) is 15.1. The third-order valence-corrected chi connectivity index (χ3v) is 6.97. The zero-order chi connectivity index (χ0) is 25.7. The van der Waals surface area contributed by atoms with Crippen molar-refractivity contribution in [3.63, 3.8) is 0 Å². The summed E-state index contributed by atoms with van der Waals surface area (Å²) in [6.07, 6.45) is 4.50. The molecule has 0 aliphatic carbocycles. The van der Waals surface area contributed by atoms with Gasteiger partial charge in [-0.05, 0) is 50.5 Å². The predicted octanol–water partition coefficient (Wildman–Crippen LogP) is 3.93. The molecule has 2 N–H and O–H groups in total. The molecule has 0 aromatic heterocycles. The van der Waals surface area contributed by atoms with Crippen LogP contribution >= 0.6 is 0 Å². The van der Waals surface area contributed by atoms with Gasteiger partial charge in [-0.15, -0.1) is 0 Å². The van der Waals surface area contributed by atoms with Gasteiger partial charge in [0.25, 0.3) is 0 Å². The monoisotopic (exact) mass is 465 g/mol. The van der Waals surface area contributed by atoms with Crippen LogP contribution in [-0.4, -0.2) is 70.4 Å². The van der Waals surface area contributed by atoms with E-state index in [9.17, 15) is 19.5 Å². The molecule has 1 aliphatic heterocycles. The highest BCUT2D eigenvalue weighted by molar-refractivity contribution is 5.91. The highest BCUT2D eigenvalue weighted by atomic mass is 16.4. The molecule has 1 saturated heterocycles. The second-order valence-electron chi connectivity index (χ2n) is 11.4. The number of carbonyl (C=O) groups excluding carboxylic acids is 2. The molecule has 0 radical (unpaired) electrons. The summed E-state index contributed by atoms with van der Waals surface area (Å²) in [7, 11) is 1.69. The number of nitrogens with zero attached hydrogens (tertiary/aromatic N) is 2. The topological polar surface area (TPSA) is 90.0 Å². The Morgan fingerprint density at radius 1 is 1.06 bits per heavy atom. The molecule has 190 valence electrons. The third kappa shape index (κ3) is 7.83. The predicted molar refractivity (Wildman–Crippen MR) is 133 cm³/mol. The van der Waals surface area contributed by atoms with Crippen LogP contribution in [-0.2, 0) is 14.4 Å². The highest BCUT2D eigenvalue weighted by Gasteiger charge is 2.40. The van der Waals surface area contributed by atoms with Gasteiger partial charge in [0.2, 0.25) is 11.8 Å². The highest BCUT2D eigenvalue weighted by Crippen LogP contribution is 2.27. The maximum Gasteiger partial charge on any atom is 0.331 e. The molecular formula is C26H47N3O4. The lowest BCUT2D eigenvalue weighted by Crippen LogP contribution is -2.61. The van der Waals surface area contributed by atoms with E-state index in [1.54, 1.807) is 18.0 Å². The van der Waals surface area contributed by atoms with Crippen LogP contribution in [0.2, 0.25) is 0 Å². The summed E-state index contributed by atoms with van der Waals surface area (Å²) in [5, 5.41) is 12.4. The Balaban J connectivity index is 3.18. The number of likely N-dealkylation sites (tertiary alicyclic amines) is 1. The van der Waals surface area contributed by atoms with Gasteiger partial charge in [0.1, 0.15) is 6.04 Å². The van der Waals surface area contributed by atoms with E-state index in [1.807, 2.05) is 34.6 Å². The molecule has 4 atom stereocenters. The van der Waals surface area contributed by atoms with Crippen LogP contribution in [0.3, 0.4) is 0 Å². The fraction of sp³-hybridized carbons (Fsp3) is 0.808. The Kier molecular flexibility index (Phi) is 10.6. The number of nitrogens with one attached hydrogen (secondary N) is 1. The Labute approximate surface area is 201 Å². The van der Waals surface area contributed by atoms with Crippen molar-refractivity contribution in [1.82, 2.24) is 15.1 Å². The van der Waals surface area contributed by atoms with Crippen molar-refractivity contribution in [2.45, 2.75) is 106 Å². The minimum absolute atomic E-state index is 0.0188. The molecule has 0 spiro atoms. The second-order valence-corrected chi connectivity index (χ2v) is 11.4. The molecule has 7 nitrogen and oxygen atoms in total. The lowest BCUT2D eigenvalue weighted by atomic mass is 9.84. The standard InChI is InChI=1S/C26H47N3O4/c1-16(2)19(6)29-14-12-11-13-20(29)23(30)27-22(26(7,8)9)24(31)28(10)21(17(3)4)15-18(5)25(32)33/h15-17,19-22H,11-14H2,1-10H3,(H,27,30)(H,32,33)/t19?,20?,21-,22?/m1/s1. The molecule has 2 amide bonds. The van der Waals surface area contributed by atoms with Crippen molar-refractivity contribution in [3.8, 4) is 0 Å². The summed E-state index contributed by atoms with van der Waals surface area (Å²) in [5.41, 5.74) is -0.303. The van der Waals surface area contributed by atoms with E-state index in [0.717, 1.165) is 25.8 Å². The zero-order valence-electron chi connectivity index (χ0n) is 22.4. The quantitative estimate of drug-likeness (QED) is 0.504. The van der Waals surface area contributed by atoms with E-state index >= 15 is 0 Å². The summed E-state index contributed by atoms with van der Waals surface area (Å²) in [6.45, 7) is 18.7. The van der Waals surface area contributed by atoms with E-state index < -0.39 is 17.4 Å². The summed E-state index contributed by atoms with van der Waals surface area (Å²) >= 11 is 0. The minimum Gasteiger partial charge on any atom is -0.478 e. The summed E-state index contributed by atoms with van der Waals surface area (Å²) < 4.78 is 0. The van der Waals surface area contributed by atoms with E-state index in [2.05, 4.69) is 31.0 Å². The number of aliphatic carboxylic acids is 1. The lowest BCUT2D eigenvalue weighted by Gasteiger charge is -2.42. The van der Waals surface area contributed by atoms with Gasteiger partial charge < -0.3 is 15.3 Å². The van der Waals surface area contributed by atoms with Gasteiger partial charge in [0.15, 0.2) is 0 Å². The van der Waals surface area contributed by atoms with Crippen molar-refractivity contribution in [3.05, 3.63) is 11.6 Å². The molecule has 1 fully saturated rings. The van der Waals surface area contributed by atoms with Crippen LogP contribution in [0, 0.1) is 17.3 Å². The second kappa shape index (κ2) is 12.0. The Bertz CT molecular complexity index is 724. The normalized spacial score (nSPS) is 21.0. The largest absolute Gasteiger partial charge is 0.478 e. The van der Waals surface area contributed by atoms with Crippen LogP contribution < -0.4 is 5.32 Å². The molecule has 0 aromatic carbocycles. The average Bonchev–Trinajstić information content (AvgIpc) is 2.72. The first-order valence-electron chi connectivity index (χ1n) is 12.3. The fourth-order valence-electron chi connectivity index (χ4n) is 4.42. The smallest absolute Gasteiger partial charge is 0.331 e. The average molecular weight is 466 g/mol. The molecule has 3 unspecified atom stereocenters. The van der Waals surface area contributed by atoms with Crippen LogP contribution in [0.1, 0.15) is 81.6 Å². The molecule has 33 heavy (non-hydrogen) atoms. The van der Waals surface area contributed by atoms with E-state index in [-0.39, 0.29) is 41.4 Å². The van der Waals surface area contributed by atoms with Gasteiger partial charge in [0.05, 0.1) is 12.1 Å². The summed E-state index contributed by atoms with van der Waals surface area (Å²) in [5.74, 6) is -0.852. The first-order valence-corrected chi connectivity index (χ1v) is 12.3. The number of hydrogen-bond acceptors (Lipinski definition) is 4. The molecule has 1 rings (SSSR count). The van der Waals surface area contributed by atoms with Gasteiger partial charge in [0, 0.05) is 18.7 Å². The number of rotatable bonds is 9. The van der Waals surface area contributed by atoms with E-state index in [0.29, 0.717) is 5.92 Å². The number of carboxylic acid groups (broad SMARTS) is 1. The van der Waals surface area contributed by atoms with Crippen LogP contribution in [0.5, 0.6) is 0 Å². The number of piperidine rings is 1. The third-order valence-electron chi connectivity index (χ3n) is 6.97. The lowest BCUT2D eigenvalue weighted by molar-refractivity contribution is -0.142. The number of likely N-dealkylation sites (N-methyl/N-ethyl adjacent to an activating group) is 1. The van der Waals surface area contributed by atoms with Crippen LogP contribution in [0.15, 0.2) is 11.6 Å². The number of hydrogen-bond donors (Lipinski definition) is 2. The number of amides is 2. The molecule has 0 bridgehead atoms. The minimum atomic E-state index is -1.00. The van der Waals surface area contributed by atoms with Crippen molar-refractivity contribution >= 4 is 17.8 Å². The zero-order valence-corrected chi connectivity index (χ0v) is 22.4. The molecule has 0 aromatic rings. The Morgan fingerprint density at radius 2 is 1.64 bits per heavy atom. The van der Waals surface area contributed by atoms with Gasteiger partial charge in [-0.25, -0.2) is 4.79 Å². The van der Waals surface area contributed by atoms with Gasteiger partial charge in [-0.1, -0.05) is 61.0 Å². The van der Waals surface area contributed by atoms with E-state index in [1.165, 1.54) is 6.92 Å². The molecular weight excluding hydrogens is 418 g/mol. The molecule has 0 saturated carbocycles. The fourth-order valence-corrected chi connectivity index (χ4v) is 4.42. The Morgan fingerprint density at radius 3 is 2.09 bits per heavy atom. The molecule has 1 heterocycles. The molecule has 1 aliphatic rings. The molecule has 7 heteroatoms. The van der Waals surface area contributed by atoms with E-state index in [4.69, 9.17) is 0 Å². The Hall–Kier alpha value is -1.89. The van der Waals surface area contributed by atoms with Crippen molar-refractivity contribution in [1.29, 1.82) is 0 Å². The van der Waals surface area contributed by atoms with Crippen molar-refractivity contribution in [2.24, 2.45) is 17.3 Å². The maximum atomic E-state index is 13.6.